The molecular weight excluding hydrogens is 298 g/mol. The number of fused-ring (bicyclic) bond motifs is 1. The molecule has 1 amide bonds. The Kier molecular flexibility index (Phi) is 4.18. The lowest BCUT2D eigenvalue weighted by Gasteiger charge is -2.33. The number of anilines is 1. The number of para-hydroxylation sites is 2. The number of carbonyl (C=O) groups excluding carboxylic acids is 2. The van der Waals surface area contributed by atoms with Crippen LogP contribution >= 0.6 is 0 Å². The second kappa shape index (κ2) is 6.43. The summed E-state index contributed by atoms with van der Waals surface area (Å²) in [5, 5.41) is 0. The van der Waals surface area contributed by atoms with Crippen molar-refractivity contribution in [2.24, 2.45) is 0 Å². The lowest BCUT2D eigenvalue weighted by molar-refractivity contribution is -0.145. The van der Waals surface area contributed by atoms with Gasteiger partial charge in [-0.25, -0.2) is 9.97 Å². The van der Waals surface area contributed by atoms with Crippen molar-refractivity contribution in [2.75, 3.05) is 12.0 Å². The number of nitrogens with zero attached hydrogens (tertiary/aromatic N) is 3. The second-order valence-corrected chi connectivity index (χ2v) is 5.03. The Bertz CT molecular complexity index is 720. The summed E-state index contributed by atoms with van der Waals surface area (Å²) in [6.07, 6.45) is 3.69. The number of esters is 1. The topological polar surface area (TPSA) is 81.6 Å². The minimum Gasteiger partial charge on any atom is -0.478 e. The van der Waals surface area contributed by atoms with Crippen molar-refractivity contribution in [3.63, 3.8) is 0 Å². The molecule has 0 N–H and O–H groups in total. The molecule has 3 rings (SSSR count). The summed E-state index contributed by atoms with van der Waals surface area (Å²) >= 11 is 0. The van der Waals surface area contributed by atoms with Crippen LogP contribution in [0.4, 0.5) is 5.69 Å². The quantitative estimate of drug-likeness (QED) is 0.792. The smallest absolute Gasteiger partial charge is 0.309 e. The van der Waals surface area contributed by atoms with Crippen LogP contribution in [0.1, 0.15) is 12.0 Å². The van der Waals surface area contributed by atoms with Crippen LogP contribution in [-0.2, 0) is 20.9 Å². The van der Waals surface area contributed by atoms with Crippen molar-refractivity contribution in [3.8, 4) is 5.75 Å². The number of amides is 1. The molecule has 0 bridgehead atoms. The molecule has 7 heteroatoms. The fourth-order valence-electron chi connectivity index (χ4n) is 2.40. The molecule has 0 radical (unpaired) electrons. The summed E-state index contributed by atoms with van der Waals surface area (Å²) in [7, 11) is 1.28. The van der Waals surface area contributed by atoms with Crippen LogP contribution in [0.3, 0.4) is 0 Å². The lowest BCUT2D eigenvalue weighted by Crippen LogP contribution is -2.46. The van der Waals surface area contributed by atoms with Crippen LogP contribution in [-0.4, -0.2) is 35.1 Å². The maximum absolute atomic E-state index is 12.7. The van der Waals surface area contributed by atoms with Gasteiger partial charge in [-0.1, -0.05) is 12.1 Å². The van der Waals surface area contributed by atoms with Gasteiger partial charge >= 0.3 is 5.97 Å². The minimum absolute atomic E-state index is 0.133. The van der Waals surface area contributed by atoms with E-state index in [4.69, 9.17) is 4.74 Å². The summed E-state index contributed by atoms with van der Waals surface area (Å²) in [5.74, 6) is -0.235. The SMILES string of the molecule is COC(=O)CC1Oc2ccccc2N(Cc2cncnc2)C1=O. The van der Waals surface area contributed by atoms with Gasteiger partial charge in [-0.2, -0.15) is 0 Å². The average Bonchev–Trinajstić information content (AvgIpc) is 2.59. The molecule has 0 spiro atoms. The lowest BCUT2D eigenvalue weighted by atomic mass is 10.1. The van der Waals surface area contributed by atoms with Gasteiger partial charge in [-0.15, -0.1) is 0 Å². The Morgan fingerprint density at radius 1 is 1.30 bits per heavy atom. The molecule has 2 heterocycles. The second-order valence-electron chi connectivity index (χ2n) is 5.03. The zero-order valence-electron chi connectivity index (χ0n) is 12.5. The fourth-order valence-corrected chi connectivity index (χ4v) is 2.40. The van der Waals surface area contributed by atoms with E-state index in [2.05, 4.69) is 14.7 Å². The van der Waals surface area contributed by atoms with E-state index in [1.165, 1.54) is 13.4 Å². The molecular formula is C16H15N3O4. The van der Waals surface area contributed by atoms with Gasteiger partial charge in [0.25, 0.3) is 5.91 Å². The highest BCUT2D eigenvalue weighted by Crippen LogP contribution is 2.35. The van der Waals surface area contributed by atoms with Crippen molar-refractivity contribution < 1.29 is 19.1 Å². The highest BCUT2D eigenvalue weighted by molar-refractivity contribution is 6.01. The van der Waals surface area contributed by atoms with Gasteiger partial charge in [0.15, 0.2) is 6.10 Å². The number of ether oxygens (including phenoxy) is 2. The molecule has 1 aliphatic heterocycles. The van der Waals surface area contributed by atoms with Crippen molar-refractivity contribution in [1.82, 2.24) is 9.97 Å². The Hall–Kier alpha value is -2.96. The molecule has 7 nitrogen and oxygen atoms in total. The first-order chi connectivity index (χ1) is 11.2. The van der Waals surface area contributed by atoms with Crippen LogP contribution in [0.15, 0.2) is 43.0 Å². The summed E-state index contributed by atoms with van der Waals surface area (Å²) in [6, 6.07) is 7.20. The van der Waals surface area contributed by atoms with Crippen LogP contribution in [0.2, 0.25) is 0 Å². The Labute approximate surface area is 132 Å². The Morgan fingerprint density at radius 3 is 2.78 bits per heavy atom. The van der Waals surface area contributed by atoms with Crippen LogP contribution in [0, 0.1) is 0 Å². The summed E-state index contributed by atoms with van der Waals surface area (Å²) in [5.41, 5.74) is 1.44. The van der Waals surface area contributed by atoms with Gasteiger partial charge in [0.2, 0.25) is 0 Å². The normalized spacial score (nSPS) is 16.5. The molecule has 1 aliphatic rings. The first-order valence-corrected chi connectivity index (χ1v) is 7.07. The van der Waals surface area contributed by atoms with E-state index in [1.54, 1.807) is 29.4 Å². The van der Waals surface area contributed by atoms with E-state index in [0.717, 1.165) is 5.56 Å². The number of aromatic nitrogens is 2. The van der Waals surface area contributed by atoms with E-state index in [0.29, 0.717) is 18.0 Å². The number of carbonyl (C=O) groups is 2. The fraction of sp³-hybridized carbons (Fsp3) is 0.250. The average molecular weight is 313 g/mol. The summed E-state index contributed by atoms with van der Waals surface area (Å²) in [6.45, 7) is 0.303. The van der Waals surface area contributed by atoms with E-state index in [1.807, 2.05) is 12.1 Å². The number of benzene rings is 1. The number of methoxy groups -OCH3 is 1. The minimum atomic E-state index is -0.901. The molecule has 118 valence electrons. The predicted octanol–water partition coefficient (Wildman–Crippen LogP) is 1.33. The molecule has 23 heavy (non-hydrogen) atoms. The number of rotatable bonds is 4. The number of hydrogen-bond donors (Lipinski definition) is 0. The van der Waals surface area contributed by atoms with E-state index in [9.17, 15) is 9.59 Å². The van der Waals surface area contributed by atoms with Crippen molar-refractivity contribution >= 4 is 17.6 Å². The molecule has 1 aromatic heterocycles. The molecule has 2 aromatic rings. The third kappa shape index (κ3) is 3.13. The standard InChI is InChI=1S/C16H15N3O4/c1-22-15(20)6-14-16(21)19(9-11-7-17-10-18-8-11)12-4-2-3-5-13(12)23-14/h2-5,7-8,10,14H,6,9H2,1H3. The molecule has 1 aromatic carbocycles. The predicted molar refractivity (Wildman–Crippen MR) is 80.7 cm³/mol. The van der Waals surface area contributed by atoms with Gasteiger partial charge < -0.3 is 14.4 Å². The highest BCUT2D eigenvalue weighted by Gasteiger charge is 2.36. The van der Waals surface area contributed by atoms with Gasteiger partial charge in [0.05, 0.1) is 25.8 Å². The van der Waals surface area contributed by atoms with E-state index in [-0.39, 0.29) is 12.3 Å². The maximum atomic E-state index is 12.7. The van der Waals surface area contributed by atoms with Crippen LogP contribution < -0.4 is 9.64 Å². The largest absolute Gasteiger partial charge is 0.478 e. The molecule has 0 fully saturated rings. The van der Waals surface area contributed by atoms with E-state index < -0.39 is 12.1 Å². The van der Waals surface area contributed by atoms with Crippen LogP contribution in [0.25, 0.3) is 0 Å². The molecule has 0 saturated heterocycles. The Morgan fingerprint density at radius 2 is 2.04 bits per heavy atom. The first-order valence-electron chi connectivity index (χ1n) is 7.07. The van der Waals surface area contributed by atoms with Crippen molar-refractivity contribution in [1.29, 1.82) is 0 Å². The molecule has 1 atom stereocenters. The van der Waals surface area contributed by atoms with Crippen molar-refractivity contribution in [3.05, 3.63) is 48.5 Å². The number of hydrogen-bond acceptors (Lipinski definition) is 6. The summed E-state index contributed by atoms with van der Waals surface area (Å²) < 4.78 is 10.3. The van der Waals surface area contributed by atoms with Crippen LogP contribution in [0.5, 0.6) is 5.75 Å². The first kappa shape index (κ1) is 15.0. The Balaban J connectivity index is 1.91. The zero-order valence-corrected chi connectivity index (χ0v) is 12.5. The van der Waals surface area contributed by atoms with E-state index >= 15 is 0 Å². The third-order valence-corrected chi connectivity index (χ3v) is 3.50. The maximum Gasteiger partial charge on any atom is 0.309 e. The van der Waals surface area contributed by atoms with Gasteiger partial charge in [0.1, 0.15) is 12.1 Å². The van der Waals surface area contributed by atoms with Crippen molar-refractivity contribution in [2.45, 2.75) is 19.1 Å². The van der Waals surface area contributed by atoms with Gasteiger partial charge in [0, 0.05) is 18.0 Å². The van der Waals surface area contributed by atoms with Gasteiger partial charge in [-0.05, 0) is 12.1 Å². The monoisotopic (exact) mass is 313 g/mol. The molecule has 1 unspecified atom stereocenters. The molecule has 0 saturated carbocycles. The molecule has 0 aliphatic carbocycles. The zero-order chi connectivity index (χ0) is 16.2. The third-order valence-electron chi connectivity index (χ3n) is 3.50. The van der Waals surface area contributed by atoms with Gasteiger partial charge in [-0.3, -0.25) is 9.59 Å². The summed E-state index contributed by atoms with van der Waals surface area (Å²) in [4.78, 5) is 33.7. The highest BCUT2D eigenvalue weighted by atomic mass is 16.5.